The molecule has 0 aliphatic carbocycles. The predicted octanol–water partition coefficient (Wildman–Crippen LogP) is 3.71. The number of rotatable bonds is 8. The van der Waals surface area contributed by atoms with Crippen molar-refractivity contribution in [1.29, 1.82) is 0 Å². The number of nitrogens with zero attached hydrogens (tertiary/aromatic N) is 3. The summed E-state index contributed by atoms with van der Waals surface area (Å²) in [5.41, 5.74) is 1.03. The van der Waals surface area contributed by atoms with Gasteiger partial charge in [0.2, 0.25) is 5.91 Å². The lowest BCUT2D eigenvalue weighted by Gasteiger charge is -2.11. The summed E-state index contributed by atoms with van der Waals surface area (Å²) in [5.74, 6) is 0.709. The van der Waals surface area contributed by atoms with Crippen LogP contribution in [0.5, 0.6) is 5.75 Å². The maximum atomic E-state index is 12.4. The third kappa shape index (κ3) is 4.91. The van der Waals surface area contributed by atoms with E-state index in [1.165, 1.54) is 37.1 Å². The summed E-state index contributed by atoms with van der Waals surface area (Å²) in [6.07, 6.45) is 0. The SMILES string of the molecule is CCNc1nc(SCC(=O)Nc2ccc([N+](=O)[O-])cc2OC)nc2ccccc12. The summed E-state index contributed by atoms with van der Waals surface area (Å²) in [7, 11) is 1.38. The van der Waals surface area contributed by atoms with E-state index in [-0.39, 0.29) is 23.1 Å². The van der Waals surface area contributed by atoms with Crippen LogP contribution in [0, 0.1) is 10.1 Å². The van der Waals surface area contributed by atoms with Gasteiger partial charge in [0.05, 0.1) is 35.1 Å². The molecule has 0 atom stereocenters. The number of methoxy groups -OCH3 is 1. The van der Waals surface area contributed by atoms with Crippen molar-refractivity contribution < 1.29 is 14.5 Å². The van der Waals surface area contributed by atoms with Gasteiger partial charge in [0.25, 0.3) is 5.69 Å². The molecule has 3 rings (SSSR count). The molecule has 0 saturated carbocycles. The monoisotopic (exact) mass is 413 g/mol. The Labute approximate surface area is 171 Å². The van der Waals surface area contributed by atoms with Gasteiger partial charge in [0.1, 0.15) is 11.6 Å². The molecule has 1 aromatic heterocycles. The van der Waals surface area contributed by atoms with E-state index >= 15 is 0 Å². The first kappa shape index (κ1) is 20.3. The van der Waals surface area contributed by atoms with Crippen molar-refractivity contribution >= 4 is 45.8 Å². The molecule has 0 spiro atoms. The first-order chi connectivity index (χ1) is 14.0. The quantitative estimate of drug-likeness (QED) is 0.248. The summed E-state index contributed by atoms with van der Waals surface area (Å²) in [5, 5.41) is 18.2. The molecule has 1 amide bonds. The molecule has 9 nitrogen and oxygen atoms in total. The largest absolute Gasteiger partial charge is 0.494 e. The Bertz CT molecular complexity index is 1060. The maximum absolute atomic E-state index is 12.4. The van der Waals surface area contributed by atoms with E-state index in [1.807, 2.05) is 31.2 Å². The average molecular weight is 413 g/mol. The number of nitro groups is 1. The highest BCUT2D eigenvalue weighted by molar-refractivity contribution is 7.99. The second-order valence-electron chi connectivity index (χ2n) is 5.88. The molecule has 0 fully saturated rings. The molecule has 0 saturated heterocycles. The van der Waals surface area contributed by atoms with Gasteiger partial charge in [-0.05, 0) is 25.1 Å². The van der Waals surface area contributed by atoms with Crippen LogP contribution < -0.4 is 15.4 Å². The van der Waals surface area contributed by atoms with Crippen molar-refractivity contribution in [2.75, 3.05) is 30.0 Å². The number of non-ortho nitro benzene ring substituents is 1. The van der Waals surface area contributed by atoms with Gasteiger partial charge in [-0.15, -0.1) is 0 Å². The number of nitrogens with one attached hydrogen (secondary N) is 2. The molecule has 150 valence electrons. The predicted molar refractivity (Wildman–Crippen MR) is 113 cm³/mol. The van der Waals surface area contributed by atoms with Crippen LogP contribution in [0.25, 0.3) is 10.9 Å². The van der Waals surface area contributed by atoms with Crippen molar-refractivity contribution in [2.24, 2.45) is 0 Å². The normalized spacial score (nSPS) is 10.6. The fraction of sp³-hybridized carbons (Fsp3) is 0.211. The van der Waals surface area contributed by atoms with Gasteiger partial charge >= 0.3 is 0 Å². The number of hydrogen-bond donors (Lipinski definition) is 2. The van der Waals surface area contributed by atoms with E-state index in [1.54, 1.807) is 0 Å². The Morgan fingerprint density at radius 3 is 2.76 bits per heavy atom. The smallest absolute Gasteiger partial charge is 0.273 e. The Balaban J connectivity index is 1.72. The number of carbonyl (C=O) groups is 1. The summed E-state index contributed by atoms with van der Waals surface area (Å²) in [4.78, 5) is 31.7. The lowest BCUT2D eigenvalue weighted by atomic mass is 10.2. The molecule has 0 bridgehead atoms. The van der Waals surface area contributed by atoms with E-state index in [0.717, 1.165) is 16.7 Å². The zero-order valence-corrected chi connectivity index (χ0v) is 16.7. The second kappa shape index (κ2) is 9.20. The number of para-hydroxylation sites is 1. The van der Waals surface area contributed by atoms with E-state index in [4.69, 9.17) is 4.74 Å². The number of fused-ring (bicyclic) bond motifs is 1. The highest BCUT2D eigenvalue weighted by Crippen LogP contribution is 2.29. The highest BCUT2D eigenvalue weighted by atomic mass is 32.2. The number of aromatic nitrogens is 2. The number of carbonyl (C=O) groups excluding carboxylic acids is 1. The molecule has 10 heteroatoms. The summed E-state index contributed by atoms with van der Waals surface area (Å²) in [6.45, 7) is 2.69. The topological polar surface area (TPSA) is 119 Å². The summed E-state index contributed by atoms with van der Waals surface area (Å²) >= 11 is 1.20. The Kier molecular flexibility index (Phi) is 6.45. The molecule has 2 aromatic carbocycles. The van der Waals surface area contributed by atoms with Crippen molar-refractivity contribution in [3.8, 4) is 5.75 Å². The standard InChI is InChI=1S/C19H19N5O4S/c1-3-20-18-13-6-4-5-7-14(13)22-19(23-18)29-11-17(25)21-15-9-8-12(24(26)27)10-16(15)28-2/h4-10H,3,11H2,1-2H3,(H,21,25)(H,20,22,23). The maximum Gasteiger partial charge on any atom is 0.273 e. The Morgan fingerprint density at radius 2 is 2.03 bits per heavy atom. The zero-order valence-electron chi connectivity index (χ0n) is 15.8. The minimum Gasteiger partial charge on any atom is -0.494 e. The van der Waals surface area contributed by atoms with Crippen LogP contribution in [0.4, 0.5) is 17.2 Å². The Hall–Kier alpha value is -3.40. The number of amides is 1. The van der Waals surface area contributed by atoms with E-state index in [0.29, 0.717) is 17.4 Å². The Morgan fingerprint density at radius 1 is 1.24 bits per heavy atom. The third-order valence-corrected chi connectivity index (χ3v) is 4.78. The van der Waals surface area contributed by atoms with Gasteiger partial charge in [0, 0.05) is 18.0 Å². The zero-order chi connectivity index (χ0) is 20.8. The van der Waals surface area contributed by atoms with Gasteiger partial charge in [-0.25, -0.2) is 9.97 Å². The molecule has 0 unspecified atom stereocenters. The molecule has 29 heavy (non-hydrogen) atoms. The lowest BCUT2D eigenvalue weighted by Crippen LogP contribution is -2.15. The van der Waals surface area contributed by atoms with Gasteiger partial charge in [0.15, 0.2) is 5.16 Å². The van der Waals surface area contributed by atoms with E-state index in [9.17, 15) is 14.9 Å². The van der Waals surface area contributed by atoms with Crippen LogP contribution in [-0.2, 0) is 4.79 Å². The van der Waals surface area contributed by atoms with E-state index in [2.05, 4.69) is 20.6 Å². The number of ether oxygens (including phenoxy) is 1. The molecule has 2 N–H and O–H groups in total. The number of thioether (sulfide) groups is 1. The van der Waals surface area contributed by atoms with Gasteiger partial charge in [-0.3, -0.25) is 14.9 Å². The van der Waals surface area contributed by atoms with Crippen LogP contribution in [0.1, 0.15) is 6.92 Å². The van der Waals surface area contributed by atoms with Crippen molar-refractivity contribution in [1.82, 2.24) is 9.97 Å². The van der Waals surface area contributed by atoms with Crippen LogP contribution in [0.2, 0.25) is 0 Å². The van der Waals surface area contributed by atoms with Crippen molar-refractivity contribution in [2.45, 2.75) is 12.1 Å². The number of anilines is 2. The van der Waals surface area contributed by atoms with Crippen molar-refractivity contribution in [3.05, 3.63) is 52.6 Å². The third-order valence-electron chi connectivity index (χ3n) is 3.93. The molecule has 3 aromatic rings. The number of nitro benzene ring substituents is 1. The lowest BCUT2D eigenvalue weighted by molar-refractivity contribution is -0.384. The van der Waals surface area contributed by atoms with Crippen LogP contribution >= 0.6 is 11.8 Å². The van der Waals surface area contributed by atoms with Crippen LogP contribution in [0.15, 0.2) is 47.6 Å². The molecule has 0 aliphatic rings. The molecular weight excluding hydrogens is 394 g/mol. The molecule has 0 aliphatic heterocycles. The van der Waals surface area contributed by atoms with Gasteiger partial charge in [-0.2, -0.15) is 0 Å². The highest BCUT2D eigenvalue weighted by Gasteiger charge is 2.14. The minimum absolute atomic E-state index is 0.0735. The number of benzene rings is 2. The fourth-order valence-electron chi connectivity index (χ4n) is 2.64. The summed E-state index contributed by atoms with van der Waals surface area (Å²) < 4.78 is 5.13. The molecule has 0 radical (unpaired) electrons. The van der Waals surface area contributed by atoms with Crippen molar-refractivity contribution in [3.63, 3.8) is 0 Å². The first-order valence-corrected chi connectivity index (χ1v) is 9.76. The van der Waals surface area contributed by atoms with Crippen LogP contribution in [-0.4, -0.2) is 40.2 Å². The average Bonchev–Trinajstić information content (AvgIpc) is 2.72. The second-order valence-corrected chi connectivity index (χ2v) is 6.82. The van der Waals surface area contributed by atoms with Gasteiger partial charge in [-0.1, -0.05) is 23.9 Å². The number of hydrogen-bond acceptors (Lipinski definition) is 8. The minimum atomic E-state index is -0.525. The molecular formula is C19H19N5O4S. The fourth-order valence-corrected chi connectivity index (χ4v) is 3.29. The van der Waals surface area contributed by atoms with Crippen LogP contribution in [0.3, 0.4) is 0 Å². The van der Waals surface area contributed by atoms with Gasteiger partial charge < -0.3 is 15.4 Å². The first-order valence-electron chi connectivity index (χ1n) is 8.77. The van der Waals surface area contributed by atoms with E-state index < -0.39 is 4.92 Å². The molecule has 1 heterocycles. The summed E-state index contributed by atoms with van der Waals surface area (Å²) in [6, 6.07) is 11.7.